The van der Waals surface area contributed by atoms with Gasteiger partial charge in [-0.2, -0.15) is 0 Å². The molecule has 7 rings (SSSR count). The Bertz CT molecular complexity index is 3550. The predicted octanol–water partition coefficient (Wildman–Crippen LogP) is 15.6. The Morgan fingerprint density at radius 2 is 1.03 bits per heavy atom. The molecule has 6 unspecified atom stereocenters. The molecule has 4 saturated heterocycles. The zero-order valence-corrected chi connectivity index (χ0v) is 72.7. The lowest BCUT2D eigenvalue weighted by Crippen LogP contribution is -2.67. The summed E-state index contributed by atoms with van der Waals surface area (Å²) >= 11 is 0. The van der Waals surface area contributed by atoms with E-state index in [0.29, 0.717) is 12.8 Å². The largest absolute Gasteiger partial charge is 0.465 e. The average molecular weight is 1690 g/mol. The van der Waals surface area contributed by atoms with Gasteiger partial charge in [-0.3, -0.25) is 28.8 Å². The molecule has 0 aliphatic carbocycles. The highest BCUT2D eigenvalue weighted by atomic mass is 16.8. The highest BCUT2D eigenvalue weighted by Gasteiger charge is 2.61. The standard InChI is InChI=1S/C93H137NO26/c1-11-13-15-17-19-21-23-25-26-27-29-31-33-35-46-54-77(98)94-72-58-110-90-85(116-88(103)70-49-41-37-42-50-70)80(101)84(76(115-90)61-108-78(99)55-56-79(100)113-73(83(72)112-68(9)97)53-45-34-32-30-28-24-22-20-18-16-14-12-2)118-91-86(117-89(104)71-51-43-38-44-52-71)82(65(6)75(114-91)60-109-87(102)69-47-39-36-40-48-69)120-93(92(105)106-10)57-62(3)63(4)81(119-93)64(5)74(111-67(8)96)59-107-66(7)95/h36-44,47-52,62-65,72-76,80-86,90-91,101H,11-35,45-46,53-61H2,1-10H3,(H,94,98)/t62?,63-,64+,65-,72-,73+,74?,75?,76-,80?,81+,82-,83-,84+,85?,86?,90+,91-,93-/m0/s1. The maximum atomic E-state index is 15.0. The Morgan fingerprint density at radius 3 is 1.54 bits per heavy atom. The second-order valence-corrected chi connectivity index (χ2v) is 32.9. The van der Waals surface area contributed by atoms with E-state index in [9.17, 15) is 48.3 Å². The first-order chi connectivity index (χ1) is 57.9. The number of benzene rings is 3. The molecule has 0 radical (unpaired) electrons. The summed E-state index contributed by atoms with van der Waals surface area (Å²) in [6.45, 7) is 12.6. The molecule has 120 heavy (non-hydrogen) atoms. The average Bonchev–Trinajstić information content (AvgIpc) is 0.759. The van der Waals surface area contributed by atoms with Crippen molar-refractivity contribution >= 4 is 59.6 Å². The molecule has 3 aromatic rings. The fourth-order valence-corrected chi connectivity index (χ4v) is 16.2. The van der Waals surface area contributed by atoms with E-state index in [1.165, 1.54) is 147 Å². The molecular weight excluding hydrogens is 1550 g/mol. The summed E-state index contributed by atoms with van der Waals surface area (Å²) in [7, 11) is 1.11. The number of hydrogen-bond acceptors (Lipinski definition) is 26. The van der Waals surface area contributed by atoms with Gasteiger partial charge in [0, 0.05) is 45.4 Å². The van der Waals surface area contributed by atoms with Gasteiger partial charge in [0.1, 0.15) is 62.5 Å². The van der Waals surface area contributed by atoms with Crippen molar-refractivity contribution in [3.63, 3.8) is 0 Å². The van der Waals surface area contributed by atoms with Gasteiger partial charge in [0.05, 0.1) is 55.4 Å². The molecule has 4 aliphatic heterocycles. The van der Waals surface area contributed by atoms with E-state index in [0.717, 1.165) is 77.7 Å². The summed E-state index contributed by atoms with van der Waals surface area (Å²) in [6, 6.07) is 22.3. The molecule has 0 aromatic heterocycles. The summed E-state index contributed by atoms with van der Waals surface area (Å²) in [4.78, 5) is 141. The van der Waals surface area contributed by atoms with Gasteiger partial charge in [0.25, 0.3) is 5.79 Å². The van der Waals surface area contributed by atoms with Crippen LogP contribution >= 0.6 is 0 Å². The first kappa shape index (κ1) is 99.2. The van der Waals surface area contributed by atoms with Gasteiger partial charge in [-0.25, -0.2) is 19.2 Å². The van der Waals surface area contributed by atoms with Crippen LogP contribution in [0.1, 0.15) is 299 Å². The van der Waals surface area contributed by atoms with Gasteiger partial charge in [-0.05, 0) is 67.5 Å². The van der Waals surface area contributed by atoms with Gasteiger partial charge in [0.2, 0.25) is 5.91 Å². The summed E-state index contributed by atoms with van der Waals surface area (Å²) in [5, 5.41) is 16.5. The van der Waals surface area contributed by atoms with E-state index >= 15 is 4.79 Å². The second kappa shape index (κ2) is 53.9. The number of esters is 9. The monoisotopic (exact) mass is 1680 g/mol. The van der Waals surface area contributed by atoms with Crippen molar-refractivity contribution in [2.45, 2.75) is 359 Å². The number of hydrogen-bond donors (Lipinski definition) is 2. The summed E-state index contributed by atoms with van der Waals surface area (Å²) in [5.74, 6) is -13.6. The molecule has 1 amide bonds. The number of ether oxygens (including phenoxy) is 15. The lowest BCUT2D eigenvalue weighted by molar-refractivity contribution is -0.379. The minimum Gasteiger partial charge on any atom is -0.465 e. The van der Waals surface area contributed by atoms with Crippen molar-refractivity contribution in [1.29, 1.82) is 0 Å². The molecule has 4 fully saturated rings. The van der Waals surface area contributed by atoms with E-state index in [1.54, 1.807) is 68.4 Å². The van der Waals surface area contributed by atoms with E-state index in [4.69, 9.17) is 71.1 Å². The van der Waals surface area contributed by atoms with Crippen molar-refractivity contribution in [2.24, 2.45) is 23.7 Å². The molecule has 2 N–H and O–H groups in total. The van der Waals surface area contributed by atoms with Crippen LogP contribution in [0.3, 0.4) is 0 Å². The summed E-state index contributed by atoms with van der Waals surface area (Å²) < 4.78 is 95.5. The maximum absolute atomic E-state index is 15.0. The zero-order valence-electron chi connectivity index (χ0n) is 72.7. The van der Waals surface area contributed by atoms with Crippen molar-refractivity contribution < 1.29 is 124 Å². The SMILES string of the molecule is CCCCCCCCCCCCCCCCCC(=O)N[C@H]1CO[C@@H]2O[C@@H](COC(=O)CCC(=O)O[C@H](CCCCCCCCCCCCCC)[C@H]1OC(C)=O)[C@@H](O[C@@H]1OC(COC(=O)c3ccccc3)[C@H](C)[C@H](O[C@]3(C(=O)OC)CC(C)[C@H](C)[C@H]([C@H](C)C(COC(C)=O)OC(C)=O)O3)C1OC(=O)c1ccccc1)C(O)C2OC(=O)c1ccccc1. The minimum absolute atomic E-state index is 0.0106. The Labute approximate surface area is 710 Å². The summed E-state index contributed by atoms with van der Waals surface area (Å²) in [5.41, 5.74) is 0.182. The number of carbonyl (C=O) groups excluding carboxylic acids is 10. The number of aliphatic hydroxyl groups excluding tert-OH is 1. The highest BCUT2D eigenvalue weighted by Crippen LogP contribution is 2.46. The van der Waals surface area contributed by atoms with Gasteiger partial charge in [-0.1, -0.05) is 257 Å². The number of carbonyl (C=O) groups is 10. The van der Waals surface area contributed by atoms with Gasteiger partial charge in [0.15, 0.2) is 30.9 Å². The van der Waals surface area contributed by atoms with Crippen LogP contribution in [0.15, 0.2) is 91.0 Å². The molecule has 0 spiro atoms. The van der Waals surface area contributed by atoms with Crippen LogP contribution in [0.25, 0.3) is 0 Å². The van der Waals surface area contributed by atoms with Gasteiger partial charge < -0.3 is 81.5 Å². The van der Waals surface area contributed by atoms with Crippen LogP contribution in [0.5, 0.6) is 0 Å². The molecule has 19 atom stereocenters. The van der Waals surface area contributed by atoms with Crippen molar-refractivity contribution in [3.8, 4) is 0 Å². The van der Waals surface area contributed by atoms with Crippen LogP contribution in [-0.4, -0.2) is 190 Å². The first-order valence-corrected chi connectivity index (χ1v) is 44.4. The van der Waals surface area contributed by atoms with Crippen LogP contribution in [-0.2, 0) is 105 Å². The topological polar surface area (TPSA) is 341 Å². The zero-order chi connectivity index (χ0) is 86.8. The lowest BCUT2D eigenvalue weighted by Gasteiger charge is -2.52. The third-order valence-corrected chi connectivity index (χ3v) is 23.3. The van der Waals surface area contributed by atoms with Crippen LogP contribution in [0.4, 0.5) is 0 Å². The first-order valence-electron chi connectivity index (χ1n) is 44.4. The molecular formula is C93H137NO26. The summed E-state index contributed by atoms with van der Waals surface area (Å²) in [6.07, 6.45) is 6.74. The quantitative estimate of drug-likeness (QED) is 0.0301. The van der Waals surface area contributed by atoms with Crippen LogP contribution < -0.4 is 5.32 Å². The molecule has 0 saturated carbocycles. The predicted molar refractivity (Wildman–Crippen MR) is 443 cm³/mol. The number of cyclic esters (lactones) is 2. The number of unbranched alkanes of at least 4 members (excludes halogenated alkanes) is 25. The molecule has 4 heterocycles. The van der Waals surface area contributed by atoms with E-state index in [-0.39, 0.29) is 42.6 Å². The normalized spacial score (nSPS) is 26.5. The van der Waals surface area contributed by atoms with Crippen LogP contribution in [0.2, 0.25) is 0 Å². The Hall–Kier alpha value is -7.92. The Morgan fingerprint density at radius 1 is 0.533 bits per heavy atom. The smallest absolute Gasteiger partial charge is 0.366 e. The fourth-order valence-electron chi connectivity index (χ4n) is 16.2. The van der Waals surface area contributed by atoms with E-state index < -0.39 is 208 Å². The van der Waals surface area contributed by atoms with Gasteiger partial charge in [-0.15, -0.1) is 0 Å². The van der Waals surface area contributed by atoms with Crippen LogP contribution in [0, 0.1) is 23.7 Å². The molecule has 670 valence electrons. The lowest BCUT2D eigenvalue weighted by atomic mass is 9.76. The number of fused-ring (bicyclic) bond motifs is 2. The number of aliphatic hydroxyl groups is 1. The molecule has 2 bridgehead atoms. The fraction of sp³-hybridized carbons (Fsp3) is 0.699. The molecule has 4 aliphatic rings. The Kier molecular flexibility index (Phi) is 44.5. The van der Waals surface area contributed by atoms with E-state index in [1.807, 2.05) is 13.8 Å². The number of nitrogens with one attached hydrogen (secondary N) is 1. The van der Waals surface area contributed by atoms with Crippen molar-refractivity contribution in [3.05, 3.63) is 108 Å². The molecule has 27 nitrogen and oxygen atoms in total. The third kappa shape index (κ3) is 33.0. The van der Waals surface area contributed by atoms with Gasteiger partial charge >= 0.3 is 53.7 Å². The molecule has 3 aromatic carbocycles. The maximum Gasteiger partial charge on any atom is 0.366 e. The number of methoxy groups -OCH3 is 1. The van der Waals surface area contributed by atoms with Crippen molar-refractivity contribution in [2.75, 3.05) is 33.5 Å². The second-order valence-electron chi connectivity index (χ2n) is 32.9. The molecule has 27 heteroatoms. The van der Waals surface area contributed by atoms with Crippen molar-refractivity contribution in [1.82, 2.24) is 5.32 Å². The highest BCUT2D eigenvalue weighted by molar-refractivity contribution is 5.90. The van der Waals surface area contributed by atoms with E-state index in [2.05, 4.69) is 19.2 Å². The Balaban J connectivity index is 1.29. The number of rotatable bonds is 48. The third-order valence-electron chi connectivity index (χ3n) is 23.3. The number of amides is 1. The minimum atomic E-state index is -2.45.